The molecule has 0 unspecified atom stereocenters. The molecular formula is C17H13ClN4O4. The van der Waals surface area contributed by atoms with Crippen molar-refractivity contribution < 1.29 is 14.4 Å². The number of fused-ring (bicyclic) bond motifs is 2. The lowest BCUT2D eigenvalue weighted by Crippen LogP contribution is -2.07. The SMILES string of the molecule is O=[N+]([O-])c1cc2c(NCCc3ccc4c(c3)OCO4)ncnc2cc1Cl. The summed E-state index contributed by atoms with van der Waals surface area (Å²) in [4.78, 5) is 18.9. The molecule has 1 N–H and O–H groups in total. The van der Waals surface area contributed by atoms with Gasteiger partial charge in [0, 0.05) is 18.0 Å². The molecule has 0 radical (unpaired) electrons. The van der Waals surface area contributed by atoms with E-state index in [4.69, 9.17) is 21.1 Å². The van der Waals surface area contributed by atoms with Gasteiger partial charge in [0.25, 0.3) is 5.69 Å². The van der Waals surface area contributed by atoms with Crippen LogP contribution in [0.25, 0.3) is 10.9 Å². The Bertz CT molecular complexity index is 1010. The number of nitrogens with zero attached hydrogens (tertiary/aromatic N) is 3. The second kappa shape index (κ2) is 6.64. The van der Waals surface area contributed by atoms with E-state index in [0.717, 1.165) is 23.5 Å². The highest BCUT2D eigenvalue weighted by atomic mass is 35.5. The smallest absolute Gasteiger partial charge is 0.288 e. The number of benzene rings is 2. The van der Waals surface area contributed by atoms with Crippen LogP contribution in [0.15, 0.2) is 36.7 Å². The zero-order valence-corrected chi connectivity index (χ0v) is 14.2. The maximum absolute atomic E-state index is 11.1. The summed E-state index contributed by atoms with van der Waals surface area (Å²) >= 11 is 5.94. The molecule has 132 valence electrons. The van der Waals surface area contributed by atoms with Crippen LogP contribution in [0, 0.1) is 10.1 Å². The summed E-state index contributed by atoms with van der Waals surface area (Å²) in [7, 11) is 0. The van der Waals surface area contributed by atoms with Crippen molar-refractivity contribution in [2.24, 2.45) is 0 Å². The van der Waals surface area contributed by atoms with E-state index in [0.29, 0.717) is 23.3 Å². The second-order valence-corrected chi connectivity index (χ2v) is 6.07. The fourth-order valence-electron chi connectivity index (χ4n) is 2.77. The first-order valence-corrected chi connectivity index (χ1v) is 8.20. The number of nitro groups is 1. The topological polar surface area (TPSA) is 99.4 Å². The predicted molar refractivity (Wildman–Crippen MR) is 96.0 cm³/mol. The average Bonchev–Trinajstić information content (AvgIpc) is 3.09. The van der Waals surface area contributed by atoms with Crippen molar-refractivity contribution in [3.8, 4) is 11.5 Å². The first kappa shape index (κ1) is 16.3. The largest absolute Gasteiger partial charge is 0.454 e. The fourth-order valence-corrected chi connectivity index (χ4v) is 3.00. The van der Waals surface area contributed by atoms with E-state index in [-0.39, 0.29) is 17.5 Å². The number of anilines is 1. The van der Waals surface area contributed by atoms with E-state index in [2.05, 4.69) is 15.3 Å². The quantitative estimate of drug-likeness (QED) is 0.539. The maximum Gasteiger partial charge on any atom is 0.288 e. The fraction of sp³-hybridized carbons (Fsp3) is 0.176. The number of rotatable bonds is 5. The monoisotopic (exact) mass is 372 g/mol. The van der Waals surface area contributed by atoms with Gasteiger partial charge in [0.15, 0.2) is 11.5 Å². The van der Waals surface area contributed by atoms with Crippen LogP contribution in [0.4, 0.5) is 11.5 Å². The van der Waals surface area contributed by atoms with Crippen LogP contribution in [0.2, 0.25) is 5.02 Å². The number of hydrogen-bond donors (Lipinski definition) is 1. The highest BCUT2D eigenvalue weighted by Crippen LogP contribution is 2.33. The standard InChI is InChI=1S/C17H13ClN4O4/c18-12-7-13-11(6-14(12)22(23)24)17(21-8-20-13)19-4-3-10-1-2-15-16(5-10)26-9-25-15/h1-2,5-8H,3-4,9H2,(H,19,20,21). The van der Waals surface area contributed by atoms with Crippen molar-refractivity contribution >= 4 is 34.0 Å². The van der Waals surface area contributed by atoms with Crippen LogP contribution >= 0.6 is 11.6 Å². The predicted octanol–water partition coefficient (Wildman–Crippen LogP) is 3.57. The van der Waals surface area contributed by atoms with E-state index < -0.39 is 4.92 Å². The Labute approximate surface area is 152 Å². The molecule has 0 spiro atoms. The minimum Gasteiger partial charge on any atom is -0.454 e. The summed E-state index contributed by atoms with van der Waals surface area (Å²) in [5.41, 5.74) is 1.45. The number of ether oxygens (including phenoxy) is 2. The normalized spacial score (nSPS) is 12.3. The van der Waals surface area contributed by atoms with E-state index in [9.17, 15) is 10.1 Å². The lowest BCUT2D eigenvalue weighted by Gasteiger charge is -2.09. The van der Waals surface area contributed by atoms with Crippen LogP contribution in [-0.4, -0.2) is 28.2 Å². The van der Waals surface area contributed by atoms with Gasteiger partial charge in [0.05, 0.1) is 10.4 Å². The van der Waals surface area contributed by atoms with Crippen LogP contribution in [-0.2, 0) is 6.42 Å². The summed E-state index contributed by atoms with van der Waals surface area (Å²) in [6.45, 7) is 0.827. The molecular weight excluding hydrogens is 360 g/mol. The van der Waals surface area contributed by atoms with Crippen molar-refractivity contribution in [1.29, 1.82) is 0 Å². The highest BCUT2D eigenvalue weighted by Gasteiger charge is 2.16. The Morgan fingerprint density at radius 2 is 2.04 bits per heavy atom. The molecule has 0 amide bonds. The zero-order chi connectivity index (χ0) is 18.1. The molecule has 4 rings (SSSR count). The number of nitrogens with one attached hydrogen (secondary N) is 1. The number of aromatic nitrogens is 2. The molecule has 1 aromatic heterocycles. The lowest BCUT2D eigenvalue weighted by atomic mass is 10.1. The van der Waals surface area contributed by atoms with Gasteiger partial charge in [0.1, 0.15) is 17.2 Å². The van der Waals surface area contributed by atoms with E-state index in [1.54, 1.807) is 0 Å². The van der Waals surface area contributed by atoms with Gasteiger partial charge in [-0.05, 0) is 30.2 Å². The van der Waals surface area contributed by atoms with Gasteiger partial charge in [-0.15, -0.1) is 0 Å². The molecule has 1 aliphatic rings. The van der Waals surface area contributed by atoms with Crippen molar-refractivity contribution in [2.75, 3.05) is 18.7 Å². The average molecular weight is 373 g/mol. The van der Waals surface area contributed by atoms with Gasteiger partial charge in [0.2, 0.25) is 6.79 Å². The summed E-state index contributed by atoms with van der Waals surface area (Å²) in [6.07, 6.45) is 2.12. The van der Waals surface area contributed by atoms with Crippen LogP contribution in [0.1, 0.15) is 5.56 Å². The maximum atomic E-state index is 11.1. The Kier molecular flexibility index (Phi) is 4.18. The Hall–Kier alpha value is -3.13. The second-order valence-electron chi connectivity index (χ2n) is 5.66. The third-order valence-corrected chi connectivity index (χ3v) is 4.35. The van der Waals surface area contributed by atoms with Gasteiger partial charge in [-0.3, -0.25) is 10.1 Å². The Balaban J connectivity index is 1.53. The minimum atomic E-state index is -0.523. The van der Waals surface area contributed by atoms with Crippen LogP contribution < -0.4 is 14.8 Å². The van der Waals surface area contributed by atoms with Gasteiger partial charge < -0.3 is 14.8 Å². The molecule has 9 heteroatoms. The molecule has 0 saturated carbocycles. The summed E-state index contributed by atoms with van der Waals surface area (Å²) < 4.78 is 10.7. The number of halogens is 1. The Morgan fingerprint density at radius 3 is 2.88 bits per heavy atom. The third kappa shape index (κ3) is 3.06. The summed E-state index contributed by atoms with van der Waals surface area (Å²) in [6, 6.07) is 8.65. The summed E-state index contributed by atoms with van der Waals surface area (Å²) in [5, 5.41) is 14.9. The first-order chi connectivity index (χ1) is 12.6. The molecule has 3 aromatic rings. The molecule has 0 saturated heterocycles. The van der Waals surface area contributed by atoms with E-state index in [1.807, 2.05) is 18.2 Å². The van der Waals surface area contributed by atoms with Crippen molar-refractivity contribution in [2.45, 2.75) is 6.42 Å². The van der Waals surface area contributed by atoms with Crippen molar-refractivity contribution in [3.05, 3.63) is 57.4 Å². The molecule has 8 nitrogen and oxygen atoms in total. The van der Waals surface area contributed by atoms with Crippen molar-refractivity contribution in [1.82, 2.24) is 9.97 Å². The zero-order valence-electron chi connectivity index (χ0n) is 13.4. The molecule has 26 heavy (non-hydrogen) atoms. The van der Waals surface area contributed by atoms with E-state index >= 15 is 0 Å². The van der Waals surface area contributed by atoms with Gasteiger partial charge in [-0.1, -0.05) is 17.7 Å². The van der Waals surface area contributed by atoms with E-state index in [1.165, 1.54) is 18.5 Å². The molecule has 0 fully saturated rings. The molecule has 2 aromatic carbocycles. The number of hydrogen-bond acceptors (Lipinski definition) is 7. The Morgan fingerprint density at radius 1 is 1.19 bits per heavy atom. The van der Waals surface area contributed by atoms with Crippen molar-refractivity contribution in [3.63, 3.8) is 0 Å². The molecule has 0 aliphatic carbocycles. The minimum absolute atomic E-state index is 0.0486. The first-order valence-electron chi connectivity index (χ1n) is 7.83. The van der Waals surface area contributed by atoms with Gasteiger partial charge >= 0.3 is 0 Å². The molecule has 2 heterocycles. The lowest BCUT2D eigenvalue weighted by molar-refractivity contribution is -0.384. The van der Waals surface area contributed by atoms with Gasteiger partial charge in [-0.2, -0.15) is 0 Å². The molecule has 0 atom stereocenters. The summed E-state index contributed by atoms with van der Waals surface area (Å²) in [5.74, 6) is 2.00. The third-order valence-electron chi connectivity index (χ3n) is 4.04. The molecule has 0 bridgehead atoms. The van der Waals surface area contributed by atoms with Crippen LogP contribution in [0.3, 0.4) is 0 Å². The van der Waals surface area contributed by atoms with Gasteiger partial charge in [-0.25, -0.2) is 9.97 Å². The molecule has 1 aliphatic heterocycles. The highest BCUT2D eigenvalue weighted by molar-refractivity contribution is 6.33. The number of nitro benzene ring substituents is 1. The van der Waals surface area contributed by atoms with Crippen LogP contribution in [0.5, 0.6) is 11.5 Å².